The predicted molar refractivity (Wildman–Crippen MR) is 133 cm³/mol. The van der Waals surface area contributed by atoms with Crippen molar-refractivity contribution in [2.75, 3.05) is 7.11 Å². The molecule has 0 amide bonds. The molecular weight excluding hydrogens is 380 g/mol. The molecule has 0 radical (unpaired) electrons. The van der Waals surface area contributed by atoms with E-state index in [0.29, 0.717) is 0 Å². The molecular formula is C29H38O2. The van der Waals surface area contributed by atoms with Gasteiger partial charge in [-0.15, -0.1) is 0 Å². The molecule has 0 aliphatic heterocycles. The maximum atomic E-state index is 12.8. The number of unbranched alkanes of at least 4 members (excludes halogenated alkanes) is 9. The minimum absolute atomic E-state index is 0.222. The van der Waals surface area contributed by atoms with Crippen molar-refractivity contribution in [1.82, 2.24) is 0 Å². The van der Waals surface area contributed by atoms with Crippen molar-refractivity contribution in [3.05, 3.63) is 58.7 Å². The molecule has 0 fully saturated rings. The van der Waals surface area contributed by atoms with E-state index in [9.17, 15) is 4.79 Å². The Morgan fingerprint density at radius 1 is 0.839 bits per heavy atom. The van der Waals surface area contributed by atoms with Crippen LogP contribution in [0.5, 0.6) is 0 Å². The molecule has 0 aromatic heterocycles. The summed E-state index contributed by atoms with van der Waals surface area (Å²) in [5.41, 5.74) is 5.25. The first-order chi connectivity index (χ1) is 15.2. The van der Waals surface area contributed by atoms with E-state index in [1.807, 2.05) is 0 Å². The summed E-state index contributed by atoms with van der Waals surface area (Å²) in [4.78, 5) is 12.8. The van der Waals surface area contributed by atoms with Gasteiger partial charge in [-0.25, -0.2) is 4.79 Å². The van der Waals surface area contributed by atoms with Gasteiger partial charge in [-0.1, -0.05) is 107 Å². The number of esters is 1. The van der Waals surface area contributed by atoms with Crippen molar-refractivity contribution >= 4 is 28.4 Å². The van der Waals surface area contributed by atoms with Gasteiger partial charge in [-0.2, -0.15) is 0 Å². The Labute approximate surface area is 188 Å². The first-order valence-corrected chi connectivity index (χ1v) is 12.2. The summed E-state index contributed by atoms with van der Waals surface area (Å²) < 4.78 is 5.20. The second-order valence-electron chi connectivity index (χ2n) is 8.89. The van der Waals surface area contributed by atoms with Crippen molar-refractivity contribution in [2.45, 2.75) is 84.5 Å². The van der Waals surface area contributed by atoms with Crippen molar-refractivity contribution in [1.29, 1.82) is 0 Å². The average molecular weight is 419 g/mol. The third-order valence-corrected chi connectivity index (χ3v) is 6.52. The molecule has 31 heavy (non-hydrogen) atoms. The fourth-order valence-electron chi connectivity index (χ4n) is 4.77. The first kappa shape index (κ1) is 23.3. The molecule has 1 aliphatic rings. The standard InChI is InChI=1S/C29H38O2/c1-4-5-6-7-8-9-10-11-12-13-16-22(2)27(29(30)31-3)26-21-24-19-14-17-23-18-15-20-25(26)28(23)24/h14-15,17-21H,4-13,16H2,1-3H3. The van der Waals surface area contributed by atoms with Crippen LogP contribution in [0.3, 0.4) is 0 Å². The maximum absolute atomic E-state index is 12.8. The van der Waals surface area contributed by atoms with E-state index in [-0.39, 0.29) is 5.97 Å². The van der Waals surface area contributed by atoms with Gasteiger partial charge in [0.2, 0.25) is 0 Å². The fourth-order valence-corrected chi connectivity index (χ4v) is 4.77. The Balaban J connectivity index is 1.60. The zero-order chi connectivity index (χ0) is 22.1. The lowest BCUT2D eigenvalue weighted by molar-refractivity contribution is -0.135. The molecule has 0 spiro atoms. The van der Waals surface area contributed by atoms with E-state index in [1.54, 1.807) is 0 Å². The highest BCUT2D eigenvalue weighted by Crippen LogP contribution is 2.41. The van der Waals surface area contributed by atoms with Crippen molar-refractivity contribution in [2.24, 2.45) is 0 Å². The van der Waals surface area contributed by atoms with Crippen LogP contribution in [0.15, 0.2) is 47.5 Å². The van der Waals surface area contributed by atoms with Gasteiger partial charge < -0.3 is 4.74 Å². The molecule has 0 bridgehead atoms. The van der Waals surface area contributed by atoms with Crippen LogP contribution in [0.1, 0.15) is 95.6 Å². The number of carbonyl (C=O) groups excluding carboxylic acids is 1. The third kappa shape index (κ3) is 5.87. The zero-order valence-corrected chi connectivity index (χ0v) is 19.6. The van der Waals surface area contributed by atoms with Gasteiger partial charge in [0.05, 0.1) is 12.7 Å². The van der Waals surface area contributed by atoms with Gasteiger partial charge in [0.25, 0.3) is 0 Å². The summed E-state index contributed by atoms with van der Waals surface area (Å²) in [6, 6.07) is 12.7. The van der Waals surface area contributed by atoms with Crippen molar-refractivity contribution < 1.29 is 9.53 Å². The monoisotopic (exact) mass is 418 g/mol. The number of benzene rings is 2. The molecule has 0 atom stereocenters. The molecule has 0 saturated heterocycles. The number of allylic oxidation sites excluding steroid dienone is 1. The molecule has 1 aliphatic carbocycles. The minimum atomic E-state index is -0.222. The number of methoxy groups -OCH3 is 1. The third-order valence-electron chi connectivity index (χ3n) is 6.52. The zero-order valence-electron chi connectivity index (χ0n) is 19.6. The van der Waals surface area contributed by atoms with E-state index in [4.69, 9.17) is 4.74 Å². The molecule has 0 saturated carbocycles. The van der Waals surface area contributed by atoms with E-state index in [2.05, 4.69) is 56.3 Å². The number of hydrogen-bond acceptors (Lipinski definition) is 2. The van der Waals surface area contributed by atoms with Crippen LogP contribution in [0.2, 0.25) is 0 Å². The Hall–Kier alpha value is -2.35. The Kier molecular flexibility index (Phi) is 8.94. The predicted octanol–water partition coefficient (Wildman–Crippen LogP) is 8.49. The fraction of sp³-hybridized carbons (Fsp3) is 0.483. The second-order valence-corrected chi connectivity index (χ2v) is 8.89. The highest BCUT2D eigenvalue weighted by Gasteiger charge is 2.25. The molecule has 0 heterocycles. The molecule has 166 valence electrons. The van der Waals surface area contributed by atoms with Gasteiger partial charge in [0.15, 0.2) is 0 Å². The second kappa shape index (κ2) is 11.9. The number of carbonyl (C=O) groups is 1. The SMILES string of the molecule is CCCCCCCCCCCCC(C)=C(C(=O)OC)C1=Cc2cccc3cccc1c23. The average Bonchev–Trinajstić information content (AvgIpc) is 3.15. The molecule has 0 N–H and O–H groups in total. The summed E-state index contributed by atoms with van der Waals surface area (Å²) in [6.45, 7) is 4.37. The van der Waals surface area contributed by atoms with Gasteiger partial charge in [0, 0.05) is 0 Å². The molecule has 2 nitrogen and oxygen atoms in total. The van der Waals surface area contributed by atoms with Crippen LogP contribution in [0.4, 0.5) is 0 Å². The van der Waals surface area contributed by atoms with E-state index in [0.717, 1.165) is 35.1 Å². The van der Waals surface area contributed by atoms with Crippen LogP contribution in [0.25, 0.3) is 22.4 Å². The van der Waals surface area contributed by atoms with E-state index in [1.165, 1.54) is 81.2 Å². The normalized spacial score (nSPS) is 13.3. The van der Waals surface area contributed by atoms with E-state index < -0.39 is 0 Å². The van der Waals surface area contributed by atoms with Crippen LogP contribution < -0.4 is 0 Å². The summed E-state index contributed by atoms with van der Waals surface area (Å²) in [5.74, 6) is -0.222. The summed E-state index contributed by atoms with van der Waals surface area (Å²) in [5, 5.41) is 2.46. The highest BCUT2D eigenvalue weighted by atomic mass is 16.5. The molecule has 2 heteroatoms. The molecule has 0 unspecified atom stereocenters. The molecule has 2 aromatic carbocycles. The van der Waals surface area contributed by atoms with Gasteiger partial charge in [-0.05, 0) is 53.3 Å². The van der Waals surface area contributed by atoms with E-state index >= 15 is 0 Å². The number of rotatable bonds is 13. The Morgan fingerprint density at radius 3 is 2.10 bits per heavy atom. The number of hydrogen-bond donors (Lipinski definition) is 0. The Bertz CT molecular complexity index is 943. The lowest BCUT2D eigenvalue weighted by atomic mass is 9.92. The Morgan fingerprint density at radius 2 is 1.45 bits per heavy atom. The largest absolute Gasteiger partial charge is 0.465 e. The van der Waals surface area contributed by atoms with Crippen LogP contribution in [0, 0.1) is 0 Å². The first-order valence-electron chi connectivity index (χ1n) is 12.2. The van der Waals surface area contributed by atoms with Gasteiger partial charge in [-0.3, -0.25) is 0 Å². The summed E-state index contributed by atoms with van der Waals surface area (Å²) >= 11 is 0. The lowest BCUT2D eigenvalue weighted by Gasteiger charge is -2.13. The van der Waals surface area contributed by atoms with Crippen LogP contribution in [-0.4, -0.2) is 13.1 Å². The number of ether oxygens (including phenoxy) is 1. The van der Waals surface area contributed by atoms with Gasteiger partial charge >= 0.3 is 5.97 Å². The topological polar surface area (TPSA) is 26.3 Å². The minimum Gasteiger partial charge on any atom is -0.465 e. The van der Waals surface area contributed by atoms with Crippen LogP contribution >= 0.6 is 0 Å². The lowest BCUT2D eigenvalue weighted by Crippen LogP contribution is -2.09. The smallest absolute Gasteiger partial charge is 0.338 e. The van der Waals surface area contributed by atoms with Crippen molar-refractivity contribution in [3.63, 3.8) is 0 Å². The highest BCUT2D eigenvalue weighted by molar-refractivity contribution is 6.20. The summed E-state index contributed by atoms with van der Waals surface area (Å²) in [7, 11) is 1.49. The molecule has 2 aromatic rings. The molecule has 3 rings (SSSR count). The van der Waals surface area contributed by atoms with Gasteiger partial charge in [0.1, 0.15) is 0 Å². The maximum Gasteiger partial charge on any atom is 0.338 e. The van der Waals surface area contributed by atoms with Crippen LogP contribution in [-0.2, 0) is 9.53 Å². The summed E-state index contributed by atoms with van der Waals surface area (Å²) in [6.07, 6.45) is 16.3. The quantitative estimate of drug-likeness (QED) is 0.185. The van der Waals surface area contributed by atoms with Crippen molar-refractivity contribution in [3.8, 4) is 0 Å².